The minimum absolute atomic E-state index is 0.0534. The van der Waals surface area contributed by atoms with Gasteiger partial charge in [0.05, 0.1) is 0 Å². The van der Waals surface area contributed by atoms with Gasteiger partial charge in [-0.3, -0.25) is 4.79 Å². The van der Waals surface area contributed by atoms with E-state index < -0.39 is 0 Å². The van der Waals surface area contributed by atoms with Crippen molar-refractivity contribution < 1.29 is 9.21 Å². The van der Waals surface area contributed by atoms with E-state index in [1.54, 1.807) is 0 Å². The number of Topliss-reactive ketones (excluding diaryl/α,β-unsaturated/α-hetero) is 1. The number of allylic oxidation sites excluding steroid dienone is 2. The Hall–Kier alpha value is -2.23. The number of carbonyl (C=O) groups is 1. The van der Waals surface area contributed by atoms with Crippen LogP contribution < -0.4 is 0 Å². The Morgan fingerprint density at radius 3 is 2.07 bits per heavy atom. The maximum atomic E-state index is 12.2. The number of hydrogen-bond acceptors (Lipinski definition) is 4. The Labute approximate surface area is 182 Å². The molecule has 0 amide bonds. The molecule has 1 aromatic heterocycles. The van der Waals surface area contributed by atoms with E-state index in [1.807, 2.05) is 30.3 Å². The van der Waals surface area contributed by atoms with E-state index in [9.17, 15) is 4.79 Å². The topological polar surface area (TPSA) is 56.0 Å². The number of benzene rings is 1. The molecule has 0 aliphatic rings. The molecule has 0 unspecified atom stereocenters. The summed E-state index contributed by atoms with van der Waals surface area (Å²) in [5.74, 6) is 0.482. The number of aromatic nitrogens is 2. The maximum Gasteiger partial charge on any atom is 0.284 e. The molecule has 30 heavy (non-hydrogen) atoms. The van der Waals surface area contributed by atoms with Crippen LogP contribution in [0.1, 0.15) is 108 Å². The lowest BCUT2D eigenvalue weighted by Gasteiger charge is -2.00. The monoisotopic (exact) mass is 410 g/mol. The average Bonchev–Trinajstić information content (AvgIpc) is 3.27. The van der Waals surface area contributed by atoms with Gasteiger partial charge in [0.2, 0.25) is 11.7 Å². The van der Waals surface area contributed by atoms with Gasteiger partial charge < -0.3 is 4.42 Å². The smallest absolute Gasteiger partial charge is 0.284 e. The van der Waals surface area contributed by atoms with Crippen LogP contribution in [0.15, 0.2) is 46.9 Å². The number of rotatable bonds is 17. The number of hydrogen-bond donors (Lipinski definition) is 0. The van der Waals surface area contributed by atoms with Crippen LogP contribution in [0, 0.1) is 0 Å². The third kappa shape index (κ3) is 10.00. The highest BCUT2D eigenvalue weighted by Crippen LogP contribution is 2.18. The second-order valence-corrected chi connectivity index (χ2v) is 8.04. The van der Waals surface area contributed by atoms with Gasteiger partial charge in [-0.2, -0.15) is 0 Å². The van der Waals surface area contributed by atoms with Crippen LogP contribution in [0.4, 0.5) is 0 Å². The number of ketones is 1. The molecule has 2 rings (SSSR count). The third-order valence-corrected chi connectivity index (χ3v) is 5.35. The number of unbranched alkanes of at least 4 members (excludes halogenated alkanes) is 11. The van der Waals surface area contributed by atoms with Crippen LogP contribution in [0.3, 0.4) is 0 Å². The molecular formula is C26H38N2O2. The SMILES string of the molecule is CCCCCCCC/C=C/CCCCCCCC(=O)c1nnc(-c2ccccc2)o1. The van der Waals surface area contributed by atoms with Crippen LogP contribution in [0.25, 0.3) is 11.5 Å². The van der Waals surface area contributed by atoms with Crippen molar-refractivity contribution in [2.24, 2.45) is 0 Å². The van der Waals surface area contributed by atoms with E-state index >= 15 is 0 Å². The van der Waals surface area contributed by atoms with Gasteiger partial charge in [0, 0.05) is 12.0 Å². The van der Waals surface area contributed by atoms with Crippen LogP contribution in [-0.2, 0) is 0 Å². The molecule has 0 atom stereocenters. The zero-order chi connectivity index (χ0) is 21.3. The Kier molecular flexibility index (Phi) is 12.5. The normalized spacial score (nSPS) is 11.4. The highest BCUT2D eigenvalue weighted by Gasteiger charge is 2.15. The fourth-order valence-corrected chi connectivity index (χ4v) is 3.50. The van der Waals surface area contributed by atoms with Crippen molar-refractivity contribution in [3.8, 4) is 11.5 Å². The predicted octanol–water partition coefficient (Wildman–Crippen LogP) is 7.96. The van der Waals surface area contributed by atoms with Gasteiger partial charge in [0.15, 0.2) is 0 Å². The highest BCUT2D eigenvalue weighted by atomic mass is 16.4. The lowest BCUT2D eigenvalue weighted by atomic mass is 10.1. The minimum atomic E-state index is -0.0534. The maximum absolute atomic E-state index is 12.2. The summed E-state index contributed by atoms with van der Waals surface area (Å²) in [4.78, 5) is 12.2. The van der Waals surface area contributed by atoms with Gasteiger partial charge in [-0.1, -0.05) is 88.6 Å². The molecule has 0 bridgehead atoms. The predicted molar refractivity (Wildman–Crippen MR) is 124 cm³/mol. The first-order valence-electron chi connectivity index (χ1n) is 11.9. The van der Waals surface area contributed by atoms with Gasteiger partial charge in [0.1, 0.15) is 0 Å². The quantitative estimate of drug-likeness (QED) is 0.151. The van der Waals surface area contributed by atoms with E-state index in [4.69, 9.17) is 4.42 Å². The lowest BCUT2D eigenvalue weighted by molar-refractivity contribution is 0.0946. The minimum Gasteiger partial charge on any atom is -0.414 e. The standard InChI is InChI=1S/C26H38N2O2/c1-2-3-4-5-6-7-8-9-10-11-12-13-14-15-19-22-24(29)26-28-27-25(30-26)23-20-17-16-18-21-23/h9-10,16-18,20-21H,2-8,11-15,19,22H2,1H3/b10-9+. The molecule has 0 radical (unpaired) electrons. The molecule has 164 valence electrons. The van der Waals surface area contributed by atoms with Crippen molar-refractivity contribution in [1.29, 1.82) is 0 Å². The van der Waals surface area contributed by atoms with Gasteiger partial charge >= 0.3 is 0 Å². The first-order valence-corrected chi connectivity index (χ1v) is 11.9. The lowest BCUT2D eigenvalue weighted by Crippen LogP contribution is -1.99. The second-order valence-electron chi connectivity index (χ2n) is 8.04. The molecule has 0 spiro atoms. The van der Waals surface area contributed by atoms with E-state index in [0.29, 0.717) is 12.3 Å². The zero-order valence-electron chi connectivity index (χ0n) is 18.7. The van der Waals surface area contributed by atoms with Crippen molar-refractivity contribution >= 4 is 5.78 Å². The molecule has 0 aliphatic heterocycles. The molecule has 0 N–H and O–H groups in total. The fourth-order valence-electron chi connectivity index (χ4n) is 3.50. The number of carbonyl (C=O) groups excluding carboxylic acids is 1. The average molecular weight is 411 g/mol. The van der Waals surface area contributed by atoms with Crippen LogP contribution >= 0.6 is 0 Å². The van der Waals surface area contributed by atoms with E-state index in [-0.39, 0.29) is 11.7 Å². The fraction of sp³-hybridized carbons (Fsp3) is 0.577. The molecule has 2 aromatic rings. The van der Waals surface area contributed by atoms with Crippen molar-refractivity contribution in [3.63, 3.8) is 0 Å². The molecule has 4 nitrogen and oxygen atoms in total. The summed E-state index contributed by atoms with van der Waals surface area (Å²) >= 11 is 0. The zero-order valence-corrected chi connectivity index (χ0v) is 18.7. The van der Waals surface area contributed by atoms with Crippen molar-refractivity contribution in [3.05, 3.63) is 48.4 Å². The van der Waals surface area contributed by atoms with Crippen molar-refractivity contribution in [1.82, 2.24) is 10.2 Å². The molecule has 1 heterocycles. The molecular weight excluding hydrogens is 372 g/mol. The Balaban J connectivity index is 1.45. The Morgan fingerprint density at radius 2 is 1.40 bits per heavy atom. The van der Waals surface area contributed by atoms with E-state index in [2.05, 4.69) is 29.3 Å². The third-order valence-electron chi connectivity index (χ3n) is 5.35. The molecule has 4 heteroatoms. The molecule has 1 aromatic carbocycles. The summed E-state index contributed by atoms with van der Waals surface area (Å²) in [5.41, 5.74) is 0.838. The van der Waals surface area contributed by atoms with Gasteiger partial charge in [0.25, 0.3) is 5.89 Å². The van der Waals surface area contributed by atoms with Crippen molar-refractivity contribution in [2.75, 3.05) is 0 Å². The largest absolute Gasteiger partial charge is 0.414 e. The summed E-state index contributed by atoms with van der Waals surface area (Å²) in [6.45, 7) is 2.26. The van der Waals surface area contributed by atoms with E-state index in [0.717, 1.165) is 18.4 Å². The van der Waals surface area contributed by atoms with E-state index in [1.165, 1.54) is 70.6 Å². The van der Waals surface area contributed by atoms with Crippen LogP contribution in [0.2, 0.25) is 0 Å². The Bertz CT molecular complexity index is 722. The summed E-state index contributed by atoms with van der Waals surface area (Å²) in [7, 11) is 0. The second kappa shape index (κ2) is 15.6. The van der Waals surface area contributed by atoms with Gasteiger partial charge in [-0.15, -0.1) is 10.2 Å². The van der Waals surface area contributed by atoms with Crippen LogP contribution in [-0.4, -0.2) is 16.0 Å². The number of nitrogens with zero attached hydrogens (tertiary/aromatic N) is 2. The molecule has 0 aliphatic carbocycles. The summed E-state index contributed by atoms with van der Waals surface area (Å²) in [5, 5.41) is 7.89. The molecule has 0 saturated carbocycles. The highest BCUT2D eigenvalue weighted by molar-refractivity contribution is 5.91. The first kappa shape index (κ1) is 24.0. The van der Waals surface area contributed by atoms with Crippen LogP contribution in [0.5, 0.6) is 0 Å². The summed E-state index contributed by atoms with van der Waals surface area (Å²) in [6.07, 6.45) is 21.4. The Morgan fingerprint density at radius 1 is 0.800 bits per heavy atom. The molecule has 0 saturated heterocycles. The summed E-state index contributed by atoms with van der Waals surface area (Å²) < 4.78 is 5.53. The first-order chi connectivity index (χ1) is 14.8. The van der Waals surface area contributed by atoms with Gasteiger partial charge in [-0.25, -0.2) is 0 Å². The van der Waals surface area contributed by atoms with Gasteiger partial charge in [-0.05, 0) is 44.2 Å². The summed E-state index contributed by atoms with van der Waals surface area (Å²) in [6, 6.07) is 9.54. The van der Waals surface area contributed by atoms with Crippen molar-refractivity contribution in [2.45, 2.75) is 96.8 Å². The molecule has 0 fully saturated rings.